The van der Waals surface area contributed by atoms with Crippen LogP contribution >= 0.6 is 0 Å². The Balaban J connectivity index is 1.82. The SMILES string of the molecule is CC(C)(C)c1ccc(CN2C(=O)NC(C)(c3ccccc3)C2=O)cc1. The molecule has 4 heteroatoms. The van der Waals surface area contributed by atoms with E-state index in [1.54, 1.807) is 6.92 Å². The fraction of sp³-hybridized carbons (Fsp3) is 0.333. The highest BCUT2D eigenvalue weighted by Crippen LogP contribution is 2.30. The number of hydrogen-bond acceptors (Lipinski definition) is 2. The zero-order valence-corrected chi connectivity index (χ0v) is 15.2. The highest BCUT2D eigenvalue weighted by atomic mass is 16.2. The molecule has 1 fully saturated rings. The molecule has 0 aliphatic carbocycles. The molecule has 130 valence electrons. The van der Waals surface area contributed by atoms with Crippen LogP contribution in [-0.4, -0.2) is 16.8 Å². The molecule has 3 rings (SSSR count). The van der Waals surface area contributed by atoms with Gasteiger partial charge in [-0.05, 0) is 29.0 Å². The van der Waals surface area contributed by atoms with Crippen molar-refractivity contribution in [3.8, 4) is 0 Å². The molecule has 0 saturated carbocycles. The molecule has 1 atom stereocenters. The molecule has 25 heavy (non-hydrogen) atoms. The van der Waals surface area contributed by atoms with Crippen molar-refractivity contribution in [1.82, 2.24) is 10.2 Å². The van der Waals surface area contributed by atoms with Crippen LogP contribution in [0, 0.1) is 0 Å². The first-order valence-electron chi connectivity index (χ1n) is 8.51. The molecule has 1 N–H and O–H groups in total. The summed E-state index contributed by atoms with van der Waals surface area (Å²) in [7, 11) is 0. The van der Waals surface area contributed by atoms with Crippen molar-refractivity contribution in [3.05, 3.63) is 71.3 Å². The molecule has 0 spiro atoms. The third-order valence-corrected chi connectivity index (χ3v) is 4.79. The Labute approximate surface area is 148 Å². The van der Waals surface area contributed by atoms with Gasteiger partial charge in [-0.25, -0.2) is 4.79 Å². The maximum atomic E-state index is 12.9. The molecule has 1 aliphatic heterocycles. The van der Waals surface area contributed by atoms with E-state index >= 15 is 0 Å². The topological polar surface area (TPSA) is 49.4 Å². The lowest BCUT2D eigenvalue weighted by molar-refractivity contribution is -0.131. The first-order chi connectivity index (χ1) is 11.7. The van der Waals surface area contributed by atoms with Crippen molar-refractivity contribution in [2.24, 2.45) is 0 Å². The van der Waals surface area contributed by atoms with Gasteiger partial charge in [-0.3, -0.25) is 9.69 Å². The maximum absolute atomic E-state index is 12.9. The molecular weight excluding hydrogens is 312 g/mol. The summed E-state index contributed by atoms with van der Waals surface area (Å²) in [6.07, 6.45) is 0. The van der Waals surface area contributed by atoms with Gasteiger partial charge in [0.1, 0.15) is 5.54 Å². The number of imide groups is 1. The second-order valence-electron chi connectivity index (χ2n) is 7.76. The Kier molecular flexibility index (Phi) is 4.15. The van der Waals surface area contributed by atoms with Gasteiger partial charge in [0.25, 0.3) is 5.91 Å². The molecule has 1 heterocycles. The summed E-state index contributed by atoms with van der Waals surface area (Å²) < 4.78 is 0. The molecule has 1 aliphatic rings. The van der Waals surface area contributed by atoms with Crippen molar-refractivity contribution < 1.29 is 9.59 Å². The highest BCUT2D eigenvalue weighted by Gasteiger charge is 2.48. The second kappa shape index (κ2) is 6.03. The van der Waals surface area contributed by atoms with E-state index in [-0.39, 0.29) is 23.9 Å². The number of nitrogens with one attached hydrogen (secondary N) is 1. The number of carbonyl (C=O) groups is 2. The molecule has 4 nitrogen and oxygen atoms in total. The normalized spacial score (nSPS) is 20.7. The molecule has 2 aromatic carbocycles. The molecule has 0 aromatic heterocycles. The molecule has 2 aromatic rings. The number of hydrogen-bond donors (Lipinski definition) is 1. The predicted octanol–water partition coefficient (Wildman–Crippen LogP) is 3.95. The van der Waals surface area contributed by atoms with E-state index in [4.69, 9.17) is 0 Å². The van der Waals surface area contributed by atoms with Crippen molar-refractivity contribution in [3.63, 3.8) is 0 Å². The van der Waals surface area contributed by atoms with Crippen LogP contribution in [0.5, 0.6) is 0 Å². The van der Waals surface area contributed by atoms with Crippen molar-refractivity contribution in [1.29, 1.82) is 0 Å². The lowest BCUT2D eigenvalue weighted by atomic mass is 9.86. The zero-order chi connectivity index (χ0) is 18.2. The van der Waals surface area contributed by atoms with Gasteiger partial charge in [-0.15, -0.1) is 0 Å². The van der Waals surface area contributed by atoms with Crippen LogP contribution in [0.3, 0.4) is 0 Å². The number of nitrogens with zero attached hydrogens (tertiary/aromatic N) is 1. The molecule has 0 radical (unpaired) electrons. The minimum absolute atomic E-state index is 0.0747. The van der Waals surface area contributed by atoms with E-state index in [0.29, 0.717) is 0 Å². The number of urea groups is 1. The number of rotatable bonds is 3. The smallest absolute Gasteiger partial charge is 0.319 e. The number of benzene rings is 2. The van der Waals surface area contributed by atoms with Gasteiger partial charge in [0.2, 0.25) is 0 Å². The number of carbonyl (C=O) groups excluding carboxylic acids is 2. The van der Waals surface area contributed by atoms with Gasteiger partial charge in [0.05, 0.1) is 6.54 Å². The van der Waals surface area contributed by atoms with Crippen LogP contribution in [0.4, 0.5) is 4.79 Å². The van der Waals surface area contributed by atoms with Crippen LogP contribution in [0.1, 0.15) is 44.4 Å². The summed E-state index contributed by atoms with van der Waals surface area (Å²) in [4.78, 5) is 26.6. The summed E-state index contributed by atoms with van der Waals surface area (Å²) in [5.74, 6) is -0.219. The Morgan fingerprint density at radius 2 is 1.56 bits per heavy atom. The van der Waals surface area contributed by atoms with Gasteiger partial charge in [0.15, 0.2) is 0 Å². The zero-order valence-electron chi connectivity index (χ0n) is 15.2. The first kappa shape index (κ1) is 17.2. The van der Waals surface area contributed by atoms with E-state index in [0.717, 1.165) is 11.1 Å². The molecule has 3 amide bonds. The van der Waals surface area contributed by atoms with Crippen molar-refractivity contribution in [2.45, 2.75) is 45.2 Å². The third kappa shape index (κ3) is 3.16. The predicted molar refractivity (Wildman–Crippen MR) is 98.0 cm³/mol. The molecule has 1 unspecified atom stereocenters. The Bertz CT molecular complexity index is 791. The van der Waals surface area contributed by atoms with E-state index in [2.05, 4.69) is 38.2 Å². The Morgan fingerprint density at radius 3 is 2.12 bits per heavy atom. The summed E-state index contributed by atoms with van der Waals surface area (Å²) in [5, 5.41) is 2.84. The molecular formula is C21H24N2O2. The van der Waals surface area contributed by atoms with Gasteiger partial charge in [0, 0.05) is 0 Å². The quantitative estimate of drug-likeness (QED) is 0.863. The highest BCUT2D eigenvalue weighted by molar-refractivity contribution is 6.07. The van der Waals surface area contributed by atoms with E-state index < -0.39 is 5.54 Å². The summed E-state index contributed by atoms with van der Waals surface area (Å²) in [6, 6.07) is 17.1. The van der Waals surface area contributed by atoms with Gasteiger partial charge >= 0.3 is 6.03 Å². The van der Waals surface area contributed by atoms with Crippen LogP contribution < -0.4 is 5.32 Å². The van der Waals surface area contributed by atoms with Crippen LogP contribution in [0.2, 0.25) is 0 Å². The van der Waals surface area contributed by atoms with Gasteiger partial charge < -0.3 is 5.32 Å². The maximum Gasteiger partial charge on any atom is 0.325 e. The first-order valence-corrected chi connectivity index (χ1v) is 8.51. The minimum atomic E-state index is -1.01. The summed E-state index contributed by atoms with van der Waals surface area (Å²) >= 11 is 0. The largest absolute Gasteiger partial charge is 0.325 e. The minimum Gasteiger partial charge on any atom is -0.319 e. The van der Waals surface area contributed by atoms with Crippen molar-refractivity contribution >= 4 is 11.9 Å². The lowest BCUT2D eigenvalue weighted by Crippen LogP contribution is -2.40. The van der Waals surface area contributed by atoms with Gasteiger partial charge in [-0.1, -0.05) is 75.4 Å². The van der Waals surface area contributed by atoms with Crippen LogP contribution in [0.15, 0.2) is 54.6 Å². The van der Waals surface area contributed by atoms with Crippen LogP contribution in [-0.2, 0) is 22.3 Å². The Hall–Kier alpha value is -2.62. The fourth-order valence-electron chi connectivity index (χ4n) is 3.10. The lowest BCUT2D eigenvalue weighted by Gasteiger charge is -2.22. The van der Waals surface area contributed by atoms with E-state index in [9.17, 15) is 9.59 Å². The second-order valence-corrected chi connectivity index (χ2v) is 7.76. The summed E-state index contributed by atoms with van der Waals surface area (Å²) in [6.45, 7) is 8.50. The van der Waals surface area contributed by atoms with Gasteiger partial charge in [-0.2, -0.15) is 0 Å². The fourth-order valence-corrected chi connectivity index (χ4v) is 3.10. The monoisotopic (exact) mass is 336 g/mol. The van der Waals surface area contributed by atoms with Crippen molar-refractivity contribution in [2.75, 3.05) is 0 Å². The van der Waals surface area contributed by atoms with Crippen LogP contribution in [0.25, 0.3) is 0 Å². The third-order valence-electron chi connectivity index (χ3n) is 4.79. The standard InChI is InChI=1S/C21H24N2O2/c1-20(2,3)16-12-10-15(11-13-16)14-23-18(24)21(4,22-19(23)25)17-8-6-5-7-9-17/h5-13H,14H2,1-4H3,(H,22,25). The van der Waals surface area contributed by atoms with E-state index in [1.807, 2.05) is 42.5 Å². The summed E-state index contributed by atoms with van der Waals surface area (Å²) in [5.41, 5.74) is 2.02. The average Bonchev–Trinajstić information content (AvgIpc) is 2.80. The molecule has 0 bridgehead atoms. The molecule has 1 saturated heterocycles. The number of amides is 3. The average molecular weight is 336 g/mol. The Morgan fingerprint density at radius 1 is 0.960 bits per heavy atom. The van der Waals surface area contributed by atoms with E-state index in [1.165, 1.54) is 10.5 Å².